The highest BCUT2D eigenvalue weighted by Gasteiger charge is 2.20. The second kappa shape index (κ2) is 10.4. The van der Waals surface area contributed by atoms with Gasteiger partial charge in [-0.1, -0.05) is 61.9 Å². The van der Waals surface area contributed by atoms with E-state index in [-0.39, 0.29) is 18.3 Å². The minimum atomic E-state index is -0.302. The van der Waals surface area contributed by atoms with Gasteiger partial charge in [0.15, 0.2) is 0 Å². The monoisotopic (exact) mass is 365 g/mol. The Labute approximate surface area is 155 Å². The first-order valence-corrected chi connectivity index (χ1v) is 9.56. The number of methoxy groups -OCH3 is 1. The minimum absolute atomic E-state index is 0.0920. The van der Waals surface area contributed by atoms with Crippen LogP contribution in [0.3, 0.4) is 0 Å². The molecule has 25 heavy (non-hydrogen) atoms. The molecule has 0 spiro atoms. The summed E-state index contributed by atoms with van der Waals surface area (Å²) in [4.78, 5) is 25.9. The first-order valence-electron chi connectivity index (χ1n) is 9.18. The summed E-state index contributed by atoms with van der Waals surface area (Å²) in [6.45, 7) is 0.793. The number of benzene rings is 1. The fourth-order valence-electron chi connectivity index (χ4n) is 3.41. The normalized spacial score (nSPS) is 15.0. The quantitative estimate of drug-likeness (QED) is 0.633. The van der Waals surface area contributed by atoms with Crippen molar-refractivity contribution in [2.24, 2.45) is 5.92 Å². The van der Waals surface area contributed by atoms with Crippen LogP contribution in [0.1, 0.15) is 56.9 Å². The average Bonchev–Trinajstić information content (AvgIpc) is 2.65. The van der Waals surface area contributed by atoms with Crippen LogP contribution in [0, 0.1) is 5.92 Å². The summed E-state index contributed by atoms with van der Waals surface area (Å²) in [5.41, 5.74) is 0.903. The molecule has 0 unspecified atom stereocenters. The van der Waals surface area contributed by atoms with Gasteiger partial charge in [-0.25, -0.2) is 0 Å². The number of hydrogen-bond donors (Lipinski definition) is 0. The maximum Gasteiger partial charge on any atom is 0.307 e. The van der Waals surface area contributed by atoms with Gasteiger partial charge in [-0.2, -0.15) is 0 Å². The van der Waals surface area contributed by atoms with E-state index in [1.807, 2.05) is 24.3 Å². The van der Waals surface area contributed by atoms with E-state index < -0.39 is 0 Å². The highest BCUT2D eigenvalue weighted by Crippen LogP contribution is 2.27. The molecule has 1 aromatic carbocycles. The standard InChI is InChI=1S/C20H28ClNO3/c1-25-20(24)13-14-22(15-17-9-5-6-10-18(17)21)19(23)12-11-16-7-3-2-4-8-16/h5-6,9-10,16H,2-4,7-8,11-15H2,1H3. The lowest BCUT2D eigenvalue weighted by Crippen LogP contribution is -2.33. The zero-order valence-electron chi connectivity index (χ0n) is 15.0. The van der Waals surface area contributed by atoms with Crippen molar-refractivity contribution in [3.05, 3.63) is 34.9 Å². The molecule has 0 radical (unpaired) electrons. The number of halogens is 1. The highest BCUT2D eigenvalue weighted by molar-refractivity contribution is 6.31. The number of carbonyl (C=O) groups excluding carboxylic acids is 2. The Hall–Kier alpha value is -1.55. The lowest BCUT2D eigenvalue weighted by molar-refractivity contribution is -0.142. The first-order chi connectivity index (χ1) is 12.1. The molecular formula is C20H28ClNO3. The number of carbonyl (C=O) groups is 2. The van der Waals surface area contributed by atoms with Crippen molar-refractivity contribution in [3.8, 4) is 0 Å². The van der Waals surface area contributed by atoms with Gasteiger partial charge in [-0.3, -0.25) is 9.59 Å². The first kappa shape index (κ1) is 19.8. The summed E-state index contributed by atoms with van der Waals surface area (Å²) in [6.07, 6.45) is 8.04. The van der Waals surface area contributed by atoms with Crippen LogP contribution >= 0.6 is 11.6 Å². The van der Waals surface area contributed by atoms with E-state index in [2.05, 4.69) is 0 Å². The van der Waals surface area contributed by atoms with Gasteiger partial charge in [0.25, 0.3) is 0 Å². The van der Waals surface area contributed by atoms with Gasteiger partial charge in [0.1, 0.15) is 0 Å². The Morgan fingerprint density at radius 2 is 1.88 bits per heavy atom. The summed E-state index contributed by atoms with van der Waals surface area (Å²) < 4.78 is 4.71. The molecule has 0 aromatic heterocycles. The Kier molecular flexibility index (Phi) is 8.26. The maximum absolute atomic E-state index is 12.7. The topological polar surface area (TPSA) is 46.6 Å². The Morgan fingerprint density at radius 1 is 1.16 bits per heavy atom. The molecule has 1 saturated carbocycles. The number of esters is 1. The van der Waals surface area contributed by atoms with Crippen molar-refractivity contribution in [1.82, 2.24) is 4.90 Å². The molecule has 2 rings (SSSR count). The fourth-order valence-corrected chi connectivity index (χ4v) is 3.61. The van der Waals surface area contributed by atoms with Crippen LogP contribution in [-0.2, 0) is 20.9 Å². The third-order valence-corrected chi connectivity index (χ3v) is 5.35. The van der Waals surface area contributed by atoms with Crippen LogP contribution < -0.4 is 0 Å². The van der Waals surface area contributed by atoms with Crippen LogP contribution in [0.25, 0.3) is 0 Å². The summed E-state index contributed by atoms with van der Waals surface area (Å²) in [5, 5.41) is 0.644. The summed E-state index contributed by atoms with van der Waals surface area (Å²) in [6, 6.07) is 7.52. The SMILES string of the molecule is COC(=O)CCN(Cc1ccccc1Cl)C(=O)CCC1CCCCC1. The van der Waals surface area contributed by atoms with Crippen LogP contribution in [0.5, 0.6) is 0 Å². The molecule has 1 aliphatic rings. The zero-order valence-corrected chi connectivity index (χ0v) is 15.8. The summed E-state index contributed by atoms with van der Waals surface area (Å²) >= 11 is 6.23. The van der Waals surface area contributed by atoms with Gasteiger partial charge >= 0.3 is 5.97 Å². The van der Waals surface area contributed by atoms with Crippen molar-refractivity contribution in [2.45, 2.75) is 57.9 Å². The molecular weight excluding hydrogens is 338 g/mol. The minimum Gasteiger partial charge on any atom is -0.469 e. The number of nitrogens with zero attached hydrogens (tertiary/aromatic N) is 1. The molecule has 4 nitrogen and oxygen atoms in total. The largest absolute Gasteiger partial charge is 0.469 e. The number of rotatable bonds is 8. The molecule has 1 fully saturated rings. The van der Waals surface area contributed by atoms with E-state index in [1.54, 1.807) is 4.90 Å². The van der Waals surface area contributed by atoms with Crippen molar-refractivity contribution in [1.29, 1.82) is 0 Å². The molecule has 0 atom stereocenters. The van der Waals surface area contributed by atoms with Crippen LogP contribution in [0.4, 0.5) is 0 Å². The highest BCUT2D eigenvalue weighted by atomic mass is 35.5. The number of ether oxygens (including phenoxy) is 1. The Bertz CT molecular complexity index is 570. The van der Waals surface area contributed by atoms with Crippen LogP contribution in [-0.4, -0.2) is 30.4 Å². The molecule has 0 heterocycles. The predicted octanol–water partition coefficient (Wildman–Crippen LogP) is 4.59. The van der Waals surface area contributed by atoms with E-state index in [1.165, 1.54) is 39.2 Å². The molecule has 1 aromatic rings. The smallest absolute Gasteiger partial charge is 0.307 e. The Morgan fingerprint density at radius 3 is 2.56 bits per heavy atom. The lowest BCUT2D eigenvalue weighted by Gasteiger charge is -2.25. The fraction of sp³-hybridized carbons (Fsp3) is 0.600. The van der Waals surface area contributed by atoms with Gasteiger partial charge in [-0.15, -0.1) is 0 Å². The van der Waals surface area contributed by atoms with E-state index in [4.69, 9.17) is 16.3 Å². The van der Waals surface area contributed by atoms with Crippen molar-refractivity contribution < 1.29 is 14.3 Å². The second-order valence-corrected chi connectivity index (χ2v) is 7.18. The van der Waals surface area contributed by atoms with Gasteiger partial charge in [0.2, 0.25) is 5.91 Å². The zero-order chi connectivity index (χ0) is 18.1. The van der Waals surface area contributed by atoms with Crippen molar-refractivity contribution in [2.75, 3.05) is 13.7 Å². The molecule has 0 aliphatic heterocycles. The number of amides is 1. The van der Waals surface area contributed by atoms with E-state index in [0.29, 0.717) is 30.5 Å². The van der Waals surface area contributed by atoms with Gasteiger partial charge < -0.3 is 9.64 Å². The van der Waals surface area contributed by atoms with E-state index in [9.17, 15) is 9.59 Å². The number of hydrogen-bond acceptors (Lipinski definition) is 3. The third kappa shape index (κ3) is 6.69. The van der Waals surface area contributed by atoms with Gasteiger partial charge in [-0.05, 0) is 24.0 Å². The van der Waals surface area contributed by atoms with E-state index in [0.717, 1.165) is 12.0 Å². The maximum atomic E-state index is 12.7. The van der Waals surface area contributed by atoms with Crippen LogP contribution in [0.15, 0.2) is 24.3 Å². The average molecular weight is 366 g/mol. The second-order valence-electron chi connectivity index (χ2n) is 6.78. The molecule has 0 N–H and O–H groups in total. The van der Waals surface area contributed by atoms with Crippen LogP contribution in [0.2, 0.25) is 5.02 Å². The van der Waals surface area contributed by atoms with E-state index >= 15 is 0 Å². The molecule has 1 aliphatic carbocycles. The summed E-state index contributed by atoms with van der Waals surface area (Å²) in [7, 11) is 1.37. The summed E-state index contributed by atoms with van der Waals surface area (Å²) in [5.74, 6) is 0.458. The predicted molar refractivity (Wildman–Crippen MR) is 99.3 cm³/mol. The molecule has 1 amide bonds. The van der Waals surface area contributed by atoms with Gasteiger partial charge in [0, 0.05) is 24.5 Å². The molecule has 0 saturated heterocycles. The Balaban J connectivity index is 1.95. The van der Waals surface area contributed by atoms with Crippen molar-refractivity contribution >= 4 is 23.5 Å². The molecule has 5 heteroatoms. The lowest BCUT2D eigenvalue weighted by atomic mass is 9.86. The third-order valence-electron chi connectivity index (χ3n) is 4.98. The van der Waals surface area contributed by atoms with Crippen molar-refractivity contribution in [3.63, 3.8) is 0 Å². The molecule has 138 valence electrons. The molecule has 0 bridgehead atoms. The van der Waals surface area contributed by atoms with Gasteiger partial charge in [0.05, 0.1) is 13.5 Å².